The lowest BCUT2D eigenvalue weighted by atomic mass is 9.81. The lowest BCUT2D eigenvalue weighted by Crippen LogP contribution is -2.39. The highest BCUT2D eigenvalue weighted by Crippen LogP contribution is 2.33. The summed E-state index contributed by atoms with van der Waals surface area (Å²) in [5.41, 5.74) is 1.77. The standard InChI is InChI=1S/C23H23ClN2O2/c24-18-10-8-15(9-11-18)16-5-3-6-19(12-16)25-22(27)14-20-13-17-4-1-2-7-21(17)23(28)26-20/h1-2,4,7-11,13,16,19H,3,5-6,12,14H2,(H,25,27)(H,26,28). The largest absolute Gasteiger partial charge is 0.353 e. The molecule has 4 nitrogen and oxygen atoms in total. The topological polar surface area (TPSA) is 62.0 Å². The summed E-state index contributed by atoms with van der Waals surface area (Å²) in [6.07, 6.45) is 4.32. The number of benzene rings is 2. The van der Waals surface area contributed by atoms with Crippen LogP contribution >= 0.6 is 11.6 Å². The fourth-order valence-corrected chi connectivity index (χ4v) is 4.30. The van der Waals surface area contributed by atoms with Crippen molar-refractivity contribution >= 4 is 28.3 Å². The number of pyridine rings is 1. The summed E-state index contributed by atoms with van der Waals surface area (Å²) in [6, 6.07) is 17.5. The average molecular weight is 395 g/mol. The van der Waals surface area contributed by atoms with Gasteiger partial charge in [0, 0.05) is 22.1 Å². The second-order valence-corrected chi connectivity index (χ2v) is 8.00. The molecule has 0 radical (unpaired) electrons. The Morgan fingerprint density at radius 1 is 1.11 bits per heavy atom. The molecule has 28 heavy (non-hydrogen) atoms. The van der Waals surface area contributed by atoms with E-state index in [9.17, 15) is 9.59 Å². The molecule has 0 saturated heterocycles. The first-order chi connectivity index (χ1) is 13.6. The Balaban J connectivity index is 1.41. The van der Waals surface area contributed by atoms with E-state index in [0.29, 0.717) is 17.0 Å². The predicted octanol–water partition coefficient (Wildman–Crippen LogP) is 4.57. The van der Waals surface area contributed by atoms with E-state index in [2.05, 4.69) is 22.4 Å². The highest BCUT2D eigenvalue weighted by molar-refractivity contribution is 6.30. The molecule has 0 spiro atoms. The molecule has 1 aliphatic carbocycles. The number of H-pyrrole nitrogens is 1. The summed E-state index contributed by atoms with van der Waals surface area (Å²) in [7, 11) is 0. The van der Waals surface area contributed by atoms with Crippen LogP contribution in [0, 0.1) is 0 Å². The van der Waals surface area contributed by atoms with Gasteiger partial charge in [0.2, 0.25) is 5.91 Å². The molecule has 1 saturated carbocycles. The third kappa shape index (κ3) is 4.28. The van der Waals surface area contributed by atoms with Gasteiger partial charge in [0.25, 0.3) is 5.56 Å². The minimum atomic E-state index is -0.152. The maximum Gasteiger partial charge on any atom is 0.256 e. The lowest BCUT2D eigenvalue weighted by Gasteiger charge is -2.30. The second-order valence-electron chi connectivity index (χ2n) is 7.57. The van der Waals surface area contributed by atoms with E-state index in [1.165, 1.54) is 5.56 Å². The van der Waals surface area contributed by atoms with Gasteiger partial charge in [-0.15, -0.1) is 0 Å². The fraction of sp³-hybridized carbons (Fsp3) is 0.304. The van der Waals surface area contributed by atoms with Gasteiger partial charge in [0.15, 0.2) is 0 Å². The Labute approximate surface area is 168 Å². The van der Waals surface area contributed by atoms with Crippen LogP contribution in [0.5, 0.6) is 0 Å². The van der Waals surface area contributed by atoms with Crippen molar-refractivity contribution in [2.45, 2.75) is 44.1 Å². The van der Waals surface area contributed by atoms with Crippen LogP contribution in [0.25, 0.3) is 10.8 Å². The van der Waals surface area contributed by atoms with Gasteiger partial charge in [-0.25, -0.2) is 0 Å². The molecule has 1 amide bonds. The quantitative estimate of drug-likeness (QED) is 0.681. The molecular weight excluding hydrogens is 372 g/mol. The Morgan fingerprint density at radius 3 is 2.71 bits per heavy atom. The molecule has 1 heterocycles. The number of rotatable bonds is 4. The number of carbonyl (C=O) groups is 1. The van der Waals surface area contributed by atoms with E-state index in [4.69, 9.17) is 11.6 Å². The molecule has 3 aromatic rings. The number of aromatic amines is 1. The molecule has 2 aromatic carbocycles. The van der Waals surface area contributed by atoms with Crippen LogP contribution in [0.2, 0.25) is 5.02 Å². The normalized spacial score (nSPS) is 19.5. The Hall–Kier alpha value is -2.59. The van der Waals surface area contributed by atoms with Gasteiger partial charge in [0.05, 0.1) is 6.42 Å². The lowest BCUT2D eigenvalue weighted by molar-refractivity contribution is -0.121. The van der Waals surface area contributed by atoms with E-state index in [1.807, 2.05) is 36.4 Å². The van der Waals surface area contributed by atoms with Gasteiger partial charge in [-0.2, -0.15) is 0 Å². The van der Waals surface area contributed by atoms with Crippen molar-refractivity contribution in [1.82, 2.24) is 10.3 Å². The van der Waals surface area contributed by atoms with Crippen molar-refractivity contribution in [1.29, 1.82) is 0 Å². The van der Waals surface area contributed by atoms with Crippen molar-refractivity contribution < 1.29 is 4.79 Å². The molecule has 1 fully saturated rings. The molecule has 144 valence electrons. The summed E-state index contributed by atoms with van der Waals surface area (Å²) >= 11 is 5.99. The smallest absolute Gasteiger partial charge is 0.256 e. The van der Waals surface area contributed by atoms with Gasteiger partial charge in [-0.3, -0.25) is 9.59 Å². The van der Waals surface area contributed by atoms with Gasteiger partial charge in [-0.1, -0.05) is 48.4 Å². The van der Waals surface area contributed by atoms with Crippen molar-refractivity contribution in [3.63, 3.8) is 0 Å². The molecule has 4 rings (SSSR count). The second kappa shape index (κ2) is 8.19. The Morgan fingerprint density at radius 2 is 1.89 bits per heavy atom. The number of nitrogens with one attached hydrogen (secondary N) is 2. The van der Waals surface area contributed by atoms with E-state index < -0.39 is 0 Å². The van der Waals surface area contributed by atoms with Crippen LogP contribution in [-0.2, 0) is 11.2 Å². The van der Waals surface area contributed by atoms with Gasteiger partial charge in [0.1, 0.15) is 0 Å². The zero-order valence-electron chi connectivity index (χ0n) is 15.6. The summed E-state index contributed by atoms with van der Waals surface area (Å²) in [6.45, 7) is 0. The van der Waals surface area contributed by atoms with E-state index in [0.717, 1.165) is 36.1 Å². The highest BCUT2D eigenvalue weighted by atomic mass is 35.5. The number of amides is 1. The third-order valence-corrected chi connectivity index (χ3v) is 5.79. The molecule has 5 heteroatoms. The number of fused-ring (bicyclic) bond motifs is 1. The van der Waals surface area contributed by atoms with Crippen molar-refractivity contribution in [3.8, 4) is 0 Å². The van der Waals surface area contributed by atoms with Gasteiger partial charge >= 0.3 is 0 Å². The first-order valence-electron chi connectivity index (χ1n) is 9.74. The van der Waals surface area contributed by atoms with Crippen LogP contribution in [-0.4, -0.2) is 16.9 Å². The first kappa shape index (κ1) is 18.8. The summed E-state index contributed by atoms with van der Waals surface area (Å²) in [5.74, 6) is 0.393. The molecule has 1 aliphatic rings. The van der Waals surface area contributed by atoms with Crippen molar-refractivity contribution in [3.05, 3.63) is 81.2 Å². The van der Waals surface area contributed by atoms with E-state index >= 15 is 0 Å². The molecular formula is C23H23ClN2O2. The molecule has 0 aliphatic heterocycles. The number of hydrogen-bond acceptors (Lipinski definition) is 2. The number of aromatic nitrogens is 1. The Kier molecular flexibility index (Phi) is 5.49. The SMILES string of the molecule is O=C(Cc1cc2ccccc2c(=O)[nH]1)NC1CCCC(c2ccc(Cl)cc2)C1. The van der Waals surface area contributed by atoms with Gasteiger partial charge in [-0.05, 0) is 60.4 Å². The van der Waals surface area contributed by atoms with Gasteiger partial charge < -0.3 is 10.3 Å². The van der Waals surface area contributed by atoms with E-state index in [-0.39, 0.29) is 23.9 Å². The summed E-state index contributed by atoms with van der Waals surface area (Å²) in [4.78, 5) is 27.6. The van der Waals surface area contributed by atoms with Crippen LogP contribution in [0.1, 0.15) is 42.9 Å². The fourth-order valence-electron chi connectivity index (χ4n) is 4.17. The zero-order chi connectivity index (χ0) is 19.5. The molecule has 0 bridgehead atoms. The van der Waals surface area contributed by atoms with E-state index in [1.54, 1.807) is 6.07 Å². The van der Waals surface area contributed by atoms with Crippen LogP contribution in [0.4, 0.5) is 0 Å². The maximum absolute atomic E-state index is 12.6. The summed E-state index contributed by atoms with van der Waals surface area (Å²) in [5, 5.41) is 5.40. The van der Waals surface area contributed by atoms with Crippen LogP contribution in [0.15, 0.2) is 59.4 Å². The average Bonchev–Trinajstić information content (AvgIpc) is 2.69. The van der Waals surface area contributed by atoms with Crippen LogP contribution in [0.3, 0.4) is 0 Å². The molecule has 1 aromatic heterocycles. The Bertz CT molecular complexity index is 1040. The minimum Gasteiger partial charge on any atom is -0.353 e. The van der Waals surface area contributed by atoms with Crippen LogP contribution < -0.4 is 10.9 Å². The molecule has 2 unspecified atom stereocenters. The predicted molar refractivity (Wildman–Crippen MR) is 113 cm³/mol. The maximum atomic E-state index is 12.6. The summed E-state index contributed by atoms with van der Waals surface area (Å²) < 4.78 is 0. The number of halogens is 1. The first-order valence-corrected chi connectivity index (χ1v) is 10.1. The zero-order valence-corrected chi connectivity index (χ0v) is 16.3. The highest BCUT2D eigenvalue weighted by Gasteiger charge is 2.24. The van der Waals surface area contributed by atoms with Crippen molar-refractivity contribution in [2.24, 2.45) is 0 Å². The third-order valence-electron chi connectivity index (χ3n) is 5.54. The van der Waals surface area contributed by atoms with Crippen molar-refractivity contribution in [2.75, 3.05) is 0 Å². The molecule has 2 N–H and O–H groups in total. The minimum absolute atomic E-state index is 0.0484. The monoisotopic (exact) mass is 394 g/mol. The number of hydrogen-bond donors (Lipinski definition) is 2. The molecule has 2 atom stereocenters. The number of carbonyl (C=O) groups excluding carboxylic acids is 1.